The molecule has 1 aromatic carbocycles. The zero-order chi connectivity index (χ0) is 17.8. The summed E-state index contributed by atoms with van der Waals surface area (Å²) >= 11 is 0. The molecule has 1 atom stereocenters. The van der Waals surface area contributed by atoms with Crippen molar-refractivity contribution < 1.29 is 4.79 Å². The number of carbonyl (C=O) groups is 1. The Morgan fingerprint density at radius 3 is 2.84 bits per heavy atom. The number of rotatable bonds is 6. The summed E-state index contributed by atoms with van der Waals surface area (Å²) < 4.78 is 2.13. The van der Waals surface area contributed by atoms with E-state index in [1.54, 1.807) is 6.20 Å². The number of nitrogens with one attached hydrogen (secondary N) is 1. The summed E-state index contributed by atoms with van der Waals surface area (Å²) in [5, 5.41) is 3.01. The van der Waals surface area contributed by atoms with E-state index < -0.39 is 0 Å². The zero-order valence-electron chi connectivity index (χ0n) is 15.0. The van der Waals surface area contributed by atoms with Crippen LogP contribution in [-0.4, -0.2) is 26.5 Å². The van der Waals surface area contributed by atoms with E-state index in [9.17, 15) is 4.79 Å². The van der Waals surface area contributed by atoms with Gasteiger partial charge in [-0.25, -0.2) is 9.97 Å². The molecule has 0 fully saturated rings. The SMILES string of the molecule is CCCn1c(-c2cccc(C(=O)N[C@H](C)CC)c2)nc2cccnc21. The lowest BCUT2D eigenvalue weighted by molar-refractivity contribution is 0.0939. The van der Waals surface area contributed by atoms with Crippen molar-refractivity contribution in [3.8, 4) is 11.4 Å². The van der Waals surface area contributed by atoms with Crippen LogP contribution in [0, 0.1) is 0 Å². The van der Waals surface area contributed by atoms with Gasteiger partial charge in [-0.3, -0.25) is 4.79 Å². The Labute approximate surface area is 148 Å². The average molecular weight is 336 g/mol. The number of hydrogen-bond acceptors (Lipinski definition) is 3. The molecule has 1 N–H and O–H groups in total. The molecule has 130 valence electrons. The van der Waals surface area contributed by atoms with E-state index in [-0.39, 0.29) is 11.9 Å². The number of fused-ring (bicyclic) bond motifs is 1. The van der Waals surface area contributed by atoms with Crippen molar-refractivity contribution in [1.29, 1.82) is 0 Å². The first-order valence-corrected chi connectivity index (χ1v) is 8.86. The van der Waals surface area contributed by atoms with E-state index in [4.69, 9.17) is 4.98 Å². The van der Waals surface area contributed by atoms with Gasteiger partial charge in [-0.15, -0.1) is 0 Å². The van der Waals surface area contributed by atoms with Crippen molar-refractivity contribution in [2.24, 2.45) is 0 Å². The van der Waals surface area contributed by atoms with Gasteiger partial charge in [0.1, 0.15) is 11.3 Å². The summed E-state index contributed by atoms with van der Waals surface area (Å²) in [6.07, 6.45) is 3.68. The van der Waals surface area contributed by atoms with Crippen molar-refractivity contribution in [3.63, 3.8) is 0 Å². The first-order chi connectivity index (χ1) is 12.1. The maximum absolute atomic E-state index is 12.4. The van der Waals surface area contributed by atoms with E-state index in [1.807, 2.05) is 43.3 Å². The molecule has 2 aromatic heterocycles. The summed E-state index contributed by atoms with van der Waals surface area (Å²) in [5.41, 5.74) is 3.35. The molecule has 1 amide bonds. The molecular formula is C20H24N4O. The predicted octanol–water partition coefficient (Wildman–Crippen LogP) is 4.04. The summed E-state index contributed by atoms with van der Waals surface area (Å²) in [6.45, 7) is 7.04. The minimum Gasteiger partial charge on any atom is -0.350 e. The fourth-order valence-corrected chi connectivity index (χ4v) is 2.82. The van der Waals surface area contributed by atoms with E-state index in [2.05, 4.69) is 28.7 Å². The predicted molar refractivity (Wildman–Crippen MR) is 100 cm³/mol. The molecule has 0 saturated carbocycles. The lowest BCUT2D eigenvalue weighted by atomic mass is 10.1. The minimum absolute atomic E-state index is 0.0486. The second-order valence-electron chi connectivity index (χ2n) is 6.30. The summed E-state index contributed by atoms with van der Waals surface area (Å²) in [7, 11) is 0. The highest BCUT2D eigenvalue weighted by Gasteiger charge is 2.15. The van der Waals surface area contributed by atoms with E-state index in [0.717, 1.165) is 41.9 Å². The number of aryl methyl sites for hydroxylation is 1. The van der Waals surface area contributed by atoms with Crippen LogP contribution in [0.5, 0.6) is 0 Å². The van der Waals surface area contributed by atoms with Crippen LogP contribution in [0.3, 0.4) is 0 Å². The number of nitrogens with zero attached hydrogens (tertiary/aromatic N) is 3. The molecule has 3 rings (SSSR count). The Kier molecular flexibility index (Phi) is 5.12. The second kappa shape index (κ2) is 7.47. The Balaban J connectivity index is 2.02. The van der Waals surface area contributed by atoms with E-state index >= 15 is 0 Å². The summed E-state index contributed by atoms with van der Waals surface area (Å²) in [5.74, 6) is 0.807. The fraction of sp³-hybridized carbons (Fsp3) is 0.350. The number of imidazole rings is 1. The van der Waals surface area contributed by atoms with Gasteiger partial charge in [0.15, 0.2) is 5.65 Å². The second-order valence-corrected chi connectivity index (χ2v) is 6.30. The molecule has 5 heteroatoms. The lowest BCUT2D eigenvalue weighted by Gasteiger charge is -2.12. The van der Waals surface area contributed by atoms with Gasteiger partial charge in [-0.2, -0.15) is 0 Å². The van der Waals surface area contributed by atoms with Gasteiger partial charge in [0, 0.05) is 29.9 Å². The Morgan fingerprint density at radius 1 is 1.24 bits per heavy atom. The van der Waals surface area contributed by atoms with Gasteiger partial charge in [0.25, 0.3) is 5.91 Å². The van der Waals surface area contributed by atoms with Crippen LogP contribution in [0.15, 0.2) is 42.6 Å². The zero-order valence-corrected chi connectivity index (χ0v) is 15.0. The first-order valence-electron chi connectivity index (χ1n) is 8.86. The third kappa shape index (κ3) is 3.55. The van der Waals surface area contributed by atoms with Crippen LogP contribution in [0.25, 0.3) is 22.6 Å². The molecule has 0 unspecified atom stereocenters. The molecule has 0 bridgehead atoms. The molecule has 25 heavy (non-hydrogen) atoms. The highest BCUT2D eigenvalue weighted by atomic mass is 16.1. The molecule has 0 aliphatic heterocycles. The molecular weight excluding hydrogens is 312 g/mol. The normalized spacial score (nSPS) is 12.3. The monoisotopic (exact) mass is 336 g/mol. The van der Waals surface area contributed by atoms with Crippen LogP contribution in [-0.2, 0) is 6.54 Å². The van der Waals surface area contributed by atoms with Crippen molar-refractivity contribution in [1.82, 2.24) is 19.9 Å². The van der Waals surface area contributed by atoms with Crippen LogP contribution < -0.4 is 5.32 Å². The van der Waals surface area contributed by atoms with Gasteiger partial charge < -0.3 is 9.88 Å². The number of carbonyl (C=O) groups excluding carboxylic acids is 1. The maximum atomic E-state index is 12.4. The topological polar surface area (TPSA) is 59.8 Å². The lowest BCUT2D eigenvalue weighted by Crippen LogP contribution is -2.31. The smallest absolute Gasteiger partial charge is 0.251 e. The van der Waals surface area contributed by atoms with Crippen LogP contribution in [0.4, 0.5) is 0 Å². The van der Waals surface area contributed by atoms with Crippen molar-refractivity contribution >= 4 is 17.1 Å². The minimum atomic E-state index is -0.0486. The average Bonchev–Trinajstić information content (AvgIpc) is 3.01. The standard InChI is InChI=1S/C20H24N4O/c1-4-12-24-18(23-17-10-7-11-21-19(17)24)15-8-6-9-16(13-15)20(25)22-14(3)5-2/h6-11,13-14H,4-5,12H2,1-3H3,(H,22,25)/t14-/m1/s1. The summed E-state index contributed by atoms with van der Waals surface area (Å²) in [6, 6.07) is 11.7. The van der Waals surface area contributed by atoms with Gasteiger partial charge in [0.05, 0.1) is 0 Å². The van der Waals surface area contributed by atoms with Gasteiger partial charge in [-0.05, 0) is 44.0 Å². The number of aromatic nitrogens is 3. The summed E-state index contributed by atoms with van der Waals surface area (Å²) in [4.78, 5) is 21.7. The molecule has 3 aromatic rings. The number of pyridine rings is 1. The van der Waals surface area contributed by atoms with Crippen molar-refractivity contribution in [3.05, 3.63) is 48.2 Å². The first kappa shape index (κ1) is 17.1. The molecule has 0 aliphatic carbocycles. The van der Waals surface area contributed by atoms with E-state index in [0.29, 0.717) is 5.56 Å². The highest BCUT2D eigenvalue weighted by molar-refractivity contribution is 5.95. The van der Waals surface area contributed by atoms with Crippen LogP contribution in [0.2, 0.25) is 0 Å². The molecule has 0 spiro atoms. The van der Waals surface area contributed by atoms with Crippen molar-refractivity contribution in [2.75, 3.05) is 0 Å². The van der Waals surface area contributed by atoms with Gasteiger partial charge >= 0.3 is 0 Å². The van der Waals surface area contributed by atoms with Crippen LogP contribution in [0.1, 0.15) is 44.0 Å². The largest absolute Gasteiger partial charge is 0.350 e. The maximum Gasteiger partial charge on any atom is 0.251 e. The Morgan fingerprint density at radius 2 is 2.08 bits per heavy atom. The van der Waals surface area contributed by atoms with Gasteiger partial charge in [0.2, 0.25) is 0 Å². The van der Waals surface area contributed by atoms with Gasteiger partial charge in [-0.1, -0.05) is 26.0 Å². The molecule has 2 heterocycles. The fourth-order valence-electron chi connectivity index (χ4n) is 2.82. The molecule has 0 radical (unpaired) electrons. The van der Waals surface area contributed by atoms with E-state index in [1.165, 1.54) is 0 Å². The molecule has 5 nitrogen and oxygen atoms in total. The molecule has 0 saturated heterocycles. The number of hydrogen-bond donors (Lipinski definition) is 1. The Hall–Kier alpha value is -2.69. The third-order valence-corrected chi connectivity index (χ3v) is 4.32. The van der Waals surface area contributed by atoms with Crippen molar-refractivity contribution in [2.45, 2.75) is 46.2 Å². The highest BCUT2D eigenvalue weighted by Crippen LogP contribution is 2.24. The quantitative estimate of drug-likeness (QED) is 0.739. The number of benzene rings is 1. The van der Waals surface area contributed by atoms with Crippen LogP contribution >= 0.6 is 0 Å². The third-order valence-electron chi connectivity index (χ3n) is 4.32. The molecule has 0 aliphatic rings. The number of amides is 1. The Bertz CT molecular complexity index is 884.